The second-order valence-corrected chi connectivity index (χ2v) is 9.61. The third-order valence-electron chi connectivity index (χ3n) is 6.01. The van der Waals surface area contributed by atoms with Crippen LogP contribution < -0.4 is 4.74 Å². The average molecular weight is 525 g/mol. The summed E-state index contributed by atoms with van der Waals surface area (Å²) in [5.74, 6) is 1.75. The fraction of sp³-hybridized carbons (Fsp3) is 0.360. The first-order valence-electron chi connectivity index (χ1n) is 11.5. The molecule has 0 radical (unpaired) electrons. The van der Waals surface area contributed by atoms with Crippen LogP contribution in [0.25, 0.3) is 11.4 Å². The van der Waals surface area contributed by atoms with Gasteiger partial charge in [0.25, 0.3) is 0 Å². The predicted octanol–water partition coefficient (Wildman–Crippen LogP) is 5.60. The number of rotatable bonds is 9. The van der Waals surface area contributed by atoms with Crippen molar-refractivity contribution in [2.24, 2.45) is 5.92 Å². The molecular weight excluding hydrogens is 499 g/mol. The van der Waals surface area contributed by atoms with Crippen LogP contribution in [-0.2, 0) is 19.5 Å². The molecular formula is C25H26BrFN6O. The maximum atomic E-state index is 14.3. The molecule has 0 unspecified atom stereocenters. The van der Waals surface area contributed by atoms with Crippen LogP contribution in [0.15, 0.2) is 53.7 Å². The van der Waals surface area contributed by atoms with E-state index in [-0.39, 0.29) is 5.82 Å². The number of nitrogens with zero attached hydrogens (tertiary/aromatic N) is 6. The fourth-order valence-corrected chi connectivity index (χ4v) is 4.37. The van der Waals surface area contributed by atoms with Crippen LogP contribution in [0.4, 0.5) is 4.39 Å². The summed E-state index contributed by atoms with van der Waals surface area (Å²) >= 11 is 3.46. The predicted molar refractivity (Wildman–Crippen MR) is 130 cm³/mol. The molecule has 1 aromatic carbocycles. The van der Waals surface area contributed by atoms with Crippen LogP contribution in [0, 0.1) is 11.7 Å². The monoisotopic (exact) mass is 524 g/mol. The molecule has 0 bridgehead atoms. The highest BCUT2D eigenvalue weighted by Gasteiger charge is 2.23. The quantitative estimate of drug-likeness (QED) is 0.285. The highest BCUT2D eigenvalue weighted by atomic mass is 79.9. The van der Waals surface area contributed by atoms with Crippen LogP contribution >= 0.6 is 15.9 Å². The van der Waals surface area contributed by atoms with E-state index in [1.807, 2.05) is 35.5 Å². The van der Waals surface area contributed by atoms with Crippen LogP contribution in [0.3, 0.4) is 0 Å². The highest BCUT2D eigenvalue weighted by Crippen LogP contribution is 2.33. The maximum absolute atomic E-state index is 14.3. The Morgan fingerprint density at radius 2 is 2.03 bits per heavy atom. The normalized spacial score (nSPS) is 14.4. The van der Waals surface area contributed by atoms with E-state index in [9.17, 15) is 4.39 Å². The molecule has 5 rings (SSSR count). The summed E-state index contributed by atoms with van der Waals surface area (Å²) in [6.07, 6.45) is 10.1. The van der Waals surface area contributed by atoms with Gasteiger partial charge in [0, 0.05) is 40.1 Å². The first-order valence-corrected chi connectivity index (χ1v) is 12.3. The number of hydrogen-bond acceptors (Lipinski definition) is 5. The zero-order valence-corrected chi connectivity index (χ0v) is 20.7. The van der Waals surface area contributed by atoms with Gasteiger partial charge in [0.05, 0.1) is 18.4 Å². The first-order chi connectivity index (χ1) is 16.5. The lowest BCUT2D eigenvalue weighted by Gasteiger charge is -2.20. The summed E-state index contributed by atoms with van der Waals surface area (Å²) < 4.78 is 25.2. The number of hydrogen-bond donors (Lipinski definition) is 0. The third kappa shape index (κ3) is 5.04. The molecule has 9 heteroatoms. The Hall–Kier alpha value is -3.07. The molecule has 176 valence electrons. The number of aromatic nitrogens is 6. The summed E-state index contributed by atoms with van der Waals surface area (Å²) in [6.45, 7) is 5.42. The van der Waals surface area contributed by atoms with Crippen LogP contribution in [0.2, 0.25) is 0 Å². The Morgan fingerprint density at radius 1 is 1.18 bits per heavy atom. The van der Waals surface area contributed by atoms with Gasteiger partial charge in [-0.2, -0.15) is 10.2 Å². The Balaban J connectivity index is 1.43. The van der Waals surface area contributed by atoms with Gasteiger partial charge in [-0.05, 0) is 72.3 Å². The molecule has 1 fully saturated rings. The van der Waals surface area contributed by atoms with Gasteiger partial charge in [-0.1, -0.05) is 6.92 Å². The Kier molecular flexibility index (Phi) is 6.45. The topological polar surface area (TPSA) is 70.7 Å². The fourth-order valence-electron chi connectivity index (χ4n) is 4.06. The van der Waals surface area contributed by atoms with E-state index >= 15 is 0 Å². The van der Waals surface area contributed by atoms with Crippen molar-refractivity contribution >= 4 is 15.9 Å². The number of aryl methyl sites for hydroxylation is 1. The molecule has 4 aromatic rings. The van der Waals surface area contributed by atoms with Gasteiger partial charge < -0.3 is 4.74 Å². The summed E-state index contributed by atoms with van der Waals surface area (Å²) in [5.41, 5.74) is 3.37. The van der Waals surface area contributed by atoms with Crippen LogP contribution in [-0.4, -0.2) is 29.5 Å². The number of benzene rings is 1. The second-order valence-electron chi connectivity index (χ2n) is 8.70. The van der Waals surface area contributed by atoms with Gasteiger partial charge in [0.15, 0.2) is 5.82 Å². The first kappa shape index (κ1) is 22.7. The van der Waals surface area contributed by atoms with Gasteiger partial charge in [0.1, 0.15) is 24.0 Å². The molecule has 0 saturated heterocycles. The molecule has 1 aliphatic carbocycles. The minimum atomic E-state index is -0.432. The van der Waals surface area contributed by atoms with Crippen molar-refractivity contribution in [2.45, 2.75) is 52.3 Å². The average Bonchev–Trinajstić information content (AvgIpc) is 3.33. The molecule has 7 nitrogen and oxygen atoms in total. The third-order valence-corrected chi connectivity index (χ3v) is 6.44. The van der Waals surface area contributed by atoms with Gasteiger partial charge in [-0.25, -0.2) is 14.1 Å². The zero-order chi connectivity index (χ0) is 23.7. The van der Waals surface area contributed by atoms with E-state index < -0.39 is 6.10 Å². The Bertz CT molecular complexity index is 1300. The van der Waals surface area contributed by atoms with Crippen LogP contribution in [0.1, 0.15) is 49.6 Å². The summed E-state index contributed by atoms with van der Waals surface area (Å²) in [5, 5.41) is 8.92. The van der Waals surface area contributed by atoms with Gasteiger partial charge in [-0.3, -0.25) is 9.67 Å². The zero-order valence-electron chi connectivity index (χ0n) is 19.2. The van der Waals surface area contributed by atoms with Gasteiger partial charge in [0.2, 0.25) is 0 Å². The van der Waals surface area contributed by atoms with E-state index in [1.54, 1.807) is 12.3 Å². The molecule has 0 N–H and O–H groups in total. The summed E-state index contributed by atoms with van der Waals surface area (Å²) in [4.78, 5) is 8.94. The lowest BCUT2D eigenvalue weighted by Crippen LogP contribution is -2.10. The molecule has 3 heterocycles. The Labute approximate surface area is 206 Å². The molecule has 0 amide bonds. The largest absolute Gasteiger partial charge is 0.484 e. The van der Waals surface area contributed by atoms with E-state index in [1.165, 1.54) is 31.3 Å². The van der Waals surface area contributed by atoms with Crippen LogP contribution in [0.5, 0.6) is 5.75 Å². The summed E-state index contributed by atoms with van der Waals surface area (Å²) in [6, 6.07) is 6.57. The van der Waals surface area contributed by atoms with E-state index in [2.05, 4.69) is 42.3 Å². The maximum Gasteiger partial charge on any atom is 0.158 e. The minimum Gasteiger partial charge on any atom is -0.484 e. The van der Waals surface area contributed by atoms with Crippen molar-refractivity contribution in [1.29, 1.82) is 0 Å². The van der Waals surface area contributed by atoms with Crippen molar-refractivity contribution in [3.63, 3.8) is 0 Å². The van der Waals surface area contributed by atoms with Crippen molar-refractivity contribution in [2.75, 3.05) is 0 Å². The Morgan fingerprint density at radius 3 is 2.82 bits per heavy atom. The minimum absolute atomic E-state index is 0.329. The number of ether oxygens (including phenoxy) is 1. The standard InChI is InChI=1S/C25H26BrFN6O/c1-3-23-24(8-19(26)11-28-23)34-16(2)22-9-20(27)6-7-21(22)25-29-15-31-33(25)14-18-10-30-32(13-18)12-17-4-5-17/h6-11,13,15-17H,3-5,12,14H2,1-2H3/t16-/m1/s1. The molecule has 1 atom stereocenters. The molecule has 3 aromatic heterocycles. The van der Waals surface area contributed by atoms with E-state index in [0.717, 1.165) is 40.2 Å². The SMILES string of the molecule is CCc1ncc(Br)cc1O[C@H](C)c1cc(F)ccc1-c1ncnn1Cc1cnn(CC2CC2)c1. The van der Waals surface area contributed by atoms with Crippen molar-refractivity contribution in [1.82, 2.24) is 29.5 Å². The molecule has 1 saturated carbocycles. The summed E-state index contributed by atoms with van der Waals surface area (Å²) in [7, 11) is 0. The van der Waals surface area contributed by atoms with Crippen molar-refractivity contribution in [3.8, 4) is 17.1 Å². The van der Waals surface area contributed by atoms with Gasteiger partial charge in [-0.15, -0.1) is 0 Å². The molecule has 0 spiro atoms. The molecule has 34 heavy (non-hydrogen) atoms. The van der Waals surface area contributed by atoms with E-state index in [4.69, 9.17) is 4.74 Å². The highest BCUT2D eigenvalue weighted by molar-refractivity contribution is 9.10. The lowest BCUT2D eigenvalue weighted by molar-refractivity contribution is 0.223. The molecule has 1 aliphatic rings. The van der Waals surface area contributed by atoms with Gasteiger partial charge >= 0.3 is 0 Å². The molecule has 0 aliphatic heterocycles. The van der Waals surface area contributed by atoms with E-state index in [0.29, 0.717) is 23.7 Å². The smallest absolute Gasteiger partial charge is 0.158 e. The number of halogens is 2. The number of pyridine rings is 1. The lowest BCUT2D eigenvalue weighted by atomic mass is 10.0. The van der Waals surface area contributed by atoms with Crippen molar-refractivity contribution < 1.29 is 9.13 Å². The second kappa shape index (κ2) is 9.66. The van der Waals surface area contributed by atoms with Crippen molar-refractivity contribution in [3.05, 3.63) is 76.3 Å².